The van der Waals surface area contributed by atoms with Crippen molar-refractivity contribution in [2.75, 3.05) is 19.8 Å². The molecule has 1 unspecified atom stereocenters. The summed E-state index contributed by atoms with van der Waals surface area (Å²) in [5.41, 5.74) is 0. The van der Waals surface area contributed by atoms with Gasteiger partial charge in [0.05, 0.1) is 0 Å². The molecule has 0 amide bonds. The number of ether oxygens (including phenoxy) is 1. The lowest BCUT2D eigenvalue weighted by Crippen LogP contribution is -2.26. The summed E-state index contributed by atoms with van der Waals surface area (Å²) in [6, 6.07) is 5.18. The molecule has 1 aliphatic heterocycles. The smallest absolute Gasteiger partial charge is 0.0468 e. The second kappa shape index (κ2) is 7.03. The minimum absolute atomic E-state index is 0.530. The Labute approximate surface area is 129 Å². The maximum absolute atomic E-state index is 5.49. The van der Waals surface area contributed by atoms with Crippen LogP contribution < -0.4 is 5.32 Å². The van der Waals surface area contributed by atoms with Crippen molar-refractivity contribution in [2.24, 2.45) is 5.92 Å². The SMILES string of the molecule is CCCNC(CC1CCOCC1)c1cc2sccc2s1. The van der Waals surface area contributed by atoms with Crippen LogP contribution >= 0.6 is 22.7 Å². The Morgan fingerprint density at radius 3 is 2.95 bits per heavy atom. The number of hydrogen-bond acceptors (Lipinski definition) is 4. The van der Waals surface area contributed by atoms with Crippen LogP contribution in [0.2, 0.25) is 0 Å². The van der Waals surface area contributed by atoms with Gasteiger partial charge in [0.15, 0.2) is 0 Å². The molecule has 20 heavy (non-hydrogen) atoms. The highest BCUT2D eigenvalue weighted by atomic mass is 32.1. The summed E-state index contributed by atoms with van der Waals surface area (Å²) >= 11 is 3.83. The zero-order chi connectivity index (χ0) is 13.8. The third kappa shape index (κ3) is 3.42. The normalized spacial score (nSPS) is 18.6. The summed E-state index contributed by atoms with van der Waals surface area (Å²) in [5, 5.41) is 5.95. The van der Waals surface area contributed by atoms with Gasteiger partial charge in [-0.25, -0.2) is 0 Å². The van der Waals surface area contributed by atoms with E-state index >= 15 is 0 Å². The van der Waals surface area contributed by atoms with Gasteiger partial charge in [-0.1, -0.05) is 6.92 Å². The van der Waals surface area contributed by atoms with Crippen molar-refractivity contribution in [3.63, 3.8) is 0 Å². The molecule has 1 saturated heterocycles. The van der Waals surface area contributed by atoms with Gasteiger partial charge in [0.2, 0.25) is 0 Å². The molecule has 1 aliphatic rings. The van der Waals surface area contributed by atoms with Crippen molar-refractivity contribution in [1.82, 2.24) is 5.32 Å². The summed E-state index contributed by atoms with van der Waals surface area (Å²) in [6.45, 7) is 5.25. The lowest BCUT2D eigenvalue weighted by atomic mass is 9.92. The van der Waals surface area contributed by atoms with Crippen LogP contribution in [0.15, 0.2) is 17.5 Å². The summed E-state index contributed by atoms with van der Waals surface area (Å²) < 4.78 is 8.38. The van der Waals surface area contributed by atoms with E-state index in [9.17, 15) is 0 Å². The van der Waals surface area contributed by atoms with Gasteiger partial charge in [-0.05, 0) is 55.7 Å². The van der Waals surface area contributed by atoms with E-state index in [4.69, 9.17) is 4.74 Å². The van der Waals surface area contributed by atoms with Crippen LogP contribution in [0, 0.1) is 5.92 Å². The molecular formula is C16H23NOS2. The second-order valence-corrected chi connectivity index (χ2v) is 7.66. The largest absolute Gasteiger partial charge is 0.381 e. The third-order valence-corrected chi connectivity index (χ3v) is 6.26. The van der Waals surface area contributed by atoms with E-state index < -0.39 is 0 Å². The molecular weight excluding hydrogens is 286 g/mol. The number of hydrogen-bond donors (Lipinski definition) is 1. The fourth-order valence-corrected chi connectivity index (χ4v) is 5.10. The Balaban J connectivity index is 1.72. The van der Waals surface area contributed by atoms with Crippen molar-refractivity contribution in [2.45, 2.75) is 38.6 Å². The van der Waals surface area contributed by atoms with Gasteiger partial charge in [0, 0.05) is 33.5 Å². The molecule has 0 spiro atoms. The number of thiophene rings is 2. The molecule has 0 aliphatic carbocycles. The lowest BCUT2D eigenvalue weighted by Gasteiger charge is -2.26. The predicted octanol–water partition coefficient (Wildman–Crippen LogP) is 4.82. The predicted molar refractivity (Wildman–Crippen MR) is 88.9 cm³/mol. The van der Waals surface area contributed by atoms with Crippen LogP contribution in [0.5, 0.6) is 0 Å². The van der Waals surface area contributed by atoms with Crippen molar-refractivity contribution >= 4 is 32.1 Å². The molecule has 1 N–H and O–H groups in total. The summed E-state index contributed by atoms with van der Waals surface area (Å²) in [5.74, 6) is 0.818. The van der Waals surface area contributed by atoms with E-state index in [2.05, 4.69) is 29.8 Å². The number of rotatable bonds is 6. The zero-order valence-electron chi connectivity index (χ0n) is 12.1. The highest BCUT2D eigenvalue weighted by Gasteiger charge is 2.21. The molecule has 3 rings (SSSR count). The van der Waals surface area contributed by atoms with E-state index in [0.717, 1.165) is 25.7 Å². The van der Waals surface area contributed by atoms with E-state index in [1.54, 1.807) is 0 Å². The van der Waals surface area contributed by atoms with Crippen LogP contribution in [0.1, 0.15) is 43.5 Å². The molecule has 1 fully saturated rings. The fourth-order valence-electron chi connectivity index (χ4n) is 2.89. The molecule has 2 aromatic rings. The molecule has 0 saturated carbocycles. The average Bonchev–Trinajstić information content (AvgIpc) is 3.05. The number of fused-ring (bicyclic) bond motifs is 1. The van der Waals surface area contributed by atoms with Crippen LogP contribution in [0.3, 0.4) is 0 Å². The van der Waals surface area contributed by atoms with E-state index in [1.165, 1.54) is 40.0 Å². The first-order chi connectivity index (χ1) is 9.86. The Kier molecular flexibility index (Phi) is 5.10. The summed E-state index contributed by atoms with van der Waals surface area (Å²) in [4.78, 5) is 1.52. The lowest BCUT2D eigenvalue weighted by molar-refractivity contribution is 0.0606. The Bertz CT molecular complexity index is 499. The van der Waals surface area contributed by atoms with Crippen LogP contribution in [-0.2, 0) is 4.74 Å². The summed E-state index contributed by atoms with van der Waals surface area (Å²) in [6.07, 6.45) is 4.91. The Morgan fingerprint density at radius 2 is 2.20 bits per heavy atom. The molecule has 0 bridgehead atoms. The van der Waals surface area contributed by atoms with Crippen LogP contribution in [-0.4, -0.2) is 19.8 Å². The minimum atomic E-state index is 0.530. The van der Waals surface area contributed by atoms with Gasteiger partial charge >= 0.3 is 0 Å². The Morgan fingerprint density at radius 1 is 1.35 bits per heavy atom. The fraction of sp³-hybridized carbons (Fsp3) is 0.625. The van der Waals surface area contributed by atoms with Crippen LogP contribution in [0.25, 0.3) is 9.40 Å². The van der Waals surface area contributed by atoms with Gasteiger partial charge in [-0.15, -0.1) is 22.7 Å². The van der Waals surface area contributed by atoms with E-state index in [-0.39, 0.29) is 0 Å². The average molecular weight is 310 g/mol. The Hall–Kier alpha value is -0.420. The van der Waals surface area contributed by atoms with Gasteiger partial charge in [-0.3, -0.25) is 0 Å². The van der Waals surface area contributed by atoms with Gasteiger partial charge < -0.3 is 10.1 Å². The van der Waals surface area contributed by atoms with Crippen molar-refractivity contribution in [3.05, 3.63) is 22.4 Å². The molecule has 2 nitrogen and oxygen atoms in total. The topological polar surface area (TPSA) is 21.3 Å². The molecule has 1 atom stereocenters. The van der Waals surface area contributed by atoms with Crippen molar-refractivity contribution < 1.29 is 4.74 Å². The molecule has 3 heterocycles. The van der Waals surface area contributed by atoms with Gasteiger partial charge in [-0.2, -0.15) is 0 Å². The highest BCUT2D eigenvalue weighted by molar-refractivity contribution is 7.26. The third-order valence-electron chi connectivity index (χ3n) is 4.05. The van der Waals surface area contributed by atoms with Crippen molar-refractivity contribution in [3.8, 4) is 0 Å². The first-order valence-electron chi connectivity index (χ1n) is 7.65. The monoisotopic (exact) mass is 309 g/mol. The minimum Gasteiger partial charge on any atom is -0.381 e. The quantitative estimate of drug-likeness (QED) is 0.826. The first-order valence-corrected chi connectivity index (χ1v) is 9.34. The number of nitrogens with one attached hydrogen (secondary N) is 1. The summed E-state index contributed by atoms with van der Waals surface area (Å²) in [7, 11) is 0. The maximum atomic E-state index is 5.49. The molecule has 0 radical (unpaired) electrons. The zero-order valence-corrected chi connectivity index (χ0v) is 13.7. The highest BCUT2D eigenvalue weighted by Crippen LogP contribution is 2.36. The molecule has 0 aromatic carbocycles. The standard InChI is InChI=1S/C16H23NOS2/c1-2-6-17-13(10-12-3-7-18-8-4-12)15-11-16-14(20-15)5-9-19-16/h5,9,11-13,17H,2-4,6-8,10H2,1H3. The molecule has 2 aromatic heterocycles. The van der Waals surface area contributed by atoms with E-state index in [0.29, 0.717) is 6.04 Å². The van der Waals surface area contributed by atoms with Gasteiger partial charge in [0.1, 0.15) is 0 Å². The van der Waals surface area contributed by atoms with Gasteiger partial charge in [0.25, 0.3) is 0 Å². The molecule has 110 valence electrons. The second-order valence-electron chi connectivity index (χ2n) is 5.60. The molecule has 4 heteroatoms. The van der Waals surface area contributed by atoms with E-state index in [1.807, 2.05) is 22.7 Å². The maximum Gasteiger partial charge on any atom is 0.0468 e. The first kappa shape index (κ1) is 14.5. The van der Waals surface area contributed by atoms with Crippen LogP contribution in [0.4, 0.5) is 0 Å². The van der Waals surface area contributed by atoms with Crippen molar-refractivity contribution in [1.29, 1.82) is 0 Å².